The average Bonchev–Trinajstić information content (AvgIpc) is 3.80. The SMILES string of the molecule is Cc1ccc(-n2c3ccc(C)cc3c3cc(-c4ccc5c(c4)c4ccccc4n5-c4ccc(-c5c6ccccc6c(-c6ccccc6)c6ccccc56)cc4)ccc32)cc1. The molecular formula is C58H40N2. The van der Waals surface area contributed by atoms with Crippen LogP contribution in [0.4, 0.5) is 0 Å². The van der Waals surface area contributed by atoms with Gasteiger partial charge < -0.3 is 9.13 Å². The predicted molar refractivity (Wildman–Crippen MR) is 256 cm³/mol. The van der Waals surface area contributed by atoms with E-state index in [-0.39, 0.29) is 0 Å². The number of nitrogens with zero attached hydrogens (tertiary/aromatic N) is 2. The molecule has 12 aromatic rings. The van der Waals surface area contributed by atoms with Gasteiger partial charge in [0.05, 0.1) is 22.1 Å². The second-order valence-electron chi connectivity index (χ2n) is 16.3. The summed E-state index contributed by atoms with van der Waals surface area (Å²) in [5, 5.41) is 10.1. The van der Waals surface area contributed by atoms with Crippen LogP contribution in [0, 0.1) is 13.8 Å². The zero-order chi connectivity index (χ0) is 39.9. The number of aryl methyl sites for hydroxylation is 2. The molecule has 2 heterocycles. The Morgan fingerprint density at radius 3 is 1.17 bits per heavy atom. The van der Waals surface area contributed by atoms with Crippen molar-refractivity contribution in [1.82, 2.24) is 9.13 Å². The maximum Gasteiger partial charge on any atom is 0.0541 e. The van der Waals surface area contributed by atoms with Gasteiger partial charge in [-0.15, -0.1) is 0 Å². The van der Waals surface area contributed by atoms with Crippen LogP contribution in [0.2, 0.25) is 0 Å². The van der Waals surface area contributed by atoms with Gasteiger partial charge in [-0.05, 0) is 136 Å². The minimum absolute atomic E-state index is 1.15. The smallest absolute Gasteiger partial charge is 0.0541 e. The van der Waals surface area contributed by atoms with E-state index in [0.29, 0.717) is 0 Å². The van der Waals surface area contributed by atoms with E-state index in [1.165, 1.54) is 115 Å². The third-order valence-corrected chi connectivity index (χ3v) is 12.6. The van der Waals surface area contributed by atoms with Crippen molar-refractivity contribution >= 4 is 65.2 Å². The summed E-state index contributed by atoms with van der Waals surface area (Å²) in [6.07, 6.45) is 0. The summed E-state index contributed by atoms with van der Waals surface area (Å²) in [5.41, 5.74) is 17.1. The van der Waals surface area contributed by atoms with Gasteiger partial charge in [-0.2, -0.15) is 0 Å². The normalized spacial score (nSPS) is 11.8. The van der Waals surface area contributed by atoms with Crippen molar-refractivity contribution in [2.75, 3.05) is 0 Å². The standard InChI is InChI=1S/C58H40N2/c1-37-20-27-43(28-21-37)60-54-31-22-38(2)34-50(54)52-36-42(26-33-56(52)60)41-25-32-55-51(35-41)45-14-10-11-19-53(45)59(55)44-29-23-40(24-30-44)58-48-17-8-6-15-46(48)57(39-12-4-3-5-13-39)47-16-7-9-18-49(47)58/h3-36H,1-2H3. The molecule has 0 aliphatic heterocycles. The van der Waals surface area contributed by atoms with E-state index in [4.69, 9.17) is 0 Å². The molecule has 60 heavy (non-hydrogen) atoms. The Balaban J connectivity index is 0.990. The van der Waals surface area contributed by atoms with E-state index in [1.54, 1.807) is 0 Å². The molecule has 0 N–H and O–H groups in total. The van der Waals surface area contributed by atoms with Crippen LogP contribution in [-0.2, 0) is 0 Å². The number of hydrogen-bond acceptors (Lipinski definition) is 0. The molecule has 2 aromatic heterocycles. The molecule has 0 bridgehead atoms. The molecule has 2 nitrogen and oxygen atoms in total. The van der Waals surface area contributed by atoms with E-state index in [9.17, 15) is 0 Å². The van der Waals surface area contributed by atoms with Crippen molar-refractivity contribution in [3.63, 3.8) is 0 Å². The van der Waals surface area contributed by atoms with Crippen molar-refractivity contribution in [1.29, 1.82) is 0 Å². The first-order valence-electron chi connectivity index (χ1n) is 20.8. The van der Waals surface area contributed by atoms with Crippen LogP contribution >= 0.6 is 0 Å². The molecule has 282 valence electrons. The maximum absolute atomic E-state index is 2.42. The van der Waals surface area contributed by atoms with E-state index >= 15 is 0 Å². The summed E-state index contributed by atoms with van der Waals surface area (Å²) in [6.45, 7) is 4.33. The van der Waals surface area contributed by atoms with Crippen LogP contribution < -0.4 is 0 Å². The molecule has 0 amide bonds. The molecule has 0 atom stereocenters. The number of fused-ring (bicyclic) bond motifs is 8. The molecule has 0 unspecified atom stereocenters. The first kappa shape index (κ1) is 34.4. The number of benzene rings is 10. The molecule has 2 heteroatoms. The monoisotopic (exact) mass is 764 g/mol. The molecule has 0 fully saturated rings. The molecule has 12 rings (SSSR count). The molecular weight excluding hydrogens is 725 g/mol. The highest BCUT2D eigenvalue weighted by Gasteiger charge is 2.19. The minimum Gasteiger partial charge on any atom is -0.309 e. The fourth-order valence-corrected chi connectivity index (χ4v) is 9.85. The second-order valence-corrected chi connectivity index (χ2v) is 16.3. The Hall–Kier alpha value is -7.68. The third kappa shape index (κ3) is 5.28. The Bertz CT molecular complexity index is 3580. The summed E-state index contributed by atoms with van der Waals surface area (Å²) in [5.74, 6) is 0. The first-order valence-corrected chi connectivity index (χ1v) is 20.8. The second kappa shape index (κ2) is 13.4. The lowest BCUT2D eigenvalue weighted by Crippen LogP contribution is -1.95. The van der Waals surface area contributed by atoms with Crippen LogP contribution in [0.5, 0.6) is 0 Å². The molecule has 0 saturated heterocycles. The zero-order valence-electron chi connectivity index (χ0n) is 33.5. The van der Waals surface area contributed by atoms with Crippen LogP contribution in [0.3, 0.4) is 0 Å². The highest BCUT2D eigenvalue weighted by molar-refractivity contribution is 6.21. The Labute approximate surface area is 348 Å². The van der Waals surface area contributed by atoms with Gasteiger partial charge in [-0.25, -0.2) is 0 Å². The number of aromatic nitrogens is 2. The van der Waals surface area contributed by atoms with Crippen molar-refractivity contribution in [2.24, 2.45) is 0 Å². The molecule has 10 aromatic carbocycles. The Morgan fingerprint density at radius 1 is 0.250 bits per heavy atom. The van der Waals surface area contributed by atoms with Gasteiger partial charge in [0.15, 0.2) is 0 Å². The van der Waals surface area contributed by atoms with Gasteiger partial charge in [0.1, 0.15) is 0 Å². The number of rotatable bonds is 5. The maximum atomic E-state index is 2.42. The zero-order valence-corrected chi connectivity index (χ0v) is 33.5. The van der Waals surface area contributed by atoms with E-state index in [2.05, 4.69) is 229 Å². The minimum atomic E-state index is 1.15. The quantitative estimate of drug-likeness (QED) is 0.155. The fraction of sp³-hybridized carbons (Fsp3) is 0.0345. The van der Waals surface area contributed by atoms with Gasteiger partial charge >= 0.3 is 0 Å². The highest BCUT2D eigenvalue weighted by atomic mass is 15.0. The molecule has 0 aliphatic rings. The number of para-hydroxylation sites is 1. The summed E-state index contributed by atoms with van der Waals surface area (Å²) in [6, 6.07) is 76.3. The van der Waals surface area contributed by atoms with Crippen LogP contribution in [0.25, 0.3) is 110 Å². The Morgan fingerprint density at radius 2 is 0.617 bits per heavy atom. The van der Waals surface area contributed by atoms with Gasteiger partial charge in [0.2, 0.25) is 0 Å². The first-order chi connectivity index (χ1) is 29.6. The molecule has 0 saturated carbocycles. The fourth-order valence-electron chi connectivity index (χ4n) is 9.85. The predicted octanol–water partition coefficient (Wildman–Crippen LogP) is 15.8. The lowest BCUT2D eigenvalue weighted by Gasteiger charge is -2.18. The van der Waals surface area contributed by atoms with Crippen LogP contribution in [0.15, 0.2) is 206 Å². The van der Waals surface area contributed by atoms with Crippen molar-refractivity contribution in [2.45, 2.75) is 13.8 Å². The van der Waals surface area contributed by atoms with Gasteiger partial charge in [-0.1, -0.05) is 151 Å². The van der Waals surface area contributed by atoms with Gasteiger partial charge in [0.25, 0.3) is 0 Å². The Kier molecular flexibility index (Phi) is 7.70. The average molecular weight is 765 g/mol. The topological polar surface area (TPSA) is 9.86 Å². The summed E-state index contributed by atoms with van der Waals surface area (Å²) in [7, 11) is 0. The van der Waals surface area contributed by atoms with E-state index < -0.39 is 0 Å². The lowest BCUT2D eigenvalue weighted by atomic mass is 9.86. The van der Waals surface area contributed by atoms with Crippen LogP contribution in [-0.4, -0.2) is 9.13 Å². The molecule has 0 radical (unpaired) electrons. The van der Waals surface area contributed by atoms with E-state index in [1.807, 2.05) is 0 Å². The van der Waals surface area contributed by atoms with Crippen molar-refractivity contribution < 1.29 is 0 Å². The lowest BCUT2D eigenvalue weighted by molar-refractivity contribution is 1.17. The van der Waals surface area contributed by atoms with Crippen molar-refractivity contribution in [3.8, 4) is 44.8 Å². The number of hydrogen-bond donors (Lipinski definition) is 0. The highest BCUT2D eigenvalue weighted by Crippen LogP contribution is 2.44. The molecule has 0 spiro atoms. The molecule has 0 aliphatic carbocycles. The van der Waals surface area contributed by atoms with Crippen molar-refractivity contribution in [3.05, 3.63) is 217 Å². The van der Waals surface area contributed by atoms with Gasteiger partial charge in [0, 0.05) is 32.9 Å². The summed E-state index contributed by atoms with van der Waals surface area (Å²) < 4.78 is 4.83. The van der Waals surface area contributed by atoms with Crippen LogP contribution in [0.1, 0.15) is 11.1 Å². The third-order valence-electron chi connectivity index (χ3n) is 12.6. The summed E-state index contributed by atoms with van der Waals surface area (Å²) in [4.78, 5) is 0. The van der Waals surface area contributed by atoms with E-state index in [0.717, 1.165) is 5.69 Å². The largest absolute Gasteiger partial charge is 0.309 e. The van der Waals surface area contributed by atoms with Gasteiger partial charge in [-0.3, -0.25) is 0 Å². The summed E-state index contributed by atoms with van der Waals surface area (Å²) >= 11 is 0.